The summed E-state index contributed by atoms with van der Waals surface area (Å²) < 4.78 is 38.7. The lowest BCUT2D eigenvalue weighted by Gasteiger charge is -2.08. The van der Waals surface area contributed by atoms with Gasteiger partial charge in [0.25, 0.3) is 5.69 Å². The van der Waals surface area contributed by atoms with Gasteiger partial charge in [-0.05, 0) is 12.1 Å². The Kier molecular flexibility index (Phi) is 5.73. The number of halogens is 4. The van der Waals surface area contributed by atoms with Crippen molar-refractivity contribution in [2.75, 3.05) is 0 Å². The Morgan fingerprint density at radius 1 is 1.35 bits per heavy atom. The van der Waals surface area contributed by atoms with E-state index in [-0.39, 0.29) is 5.02 Å². The van der Waals surface area contributed by atoms with E-state index in [9.17, 15) is 23.3 Å². The van der Waals surface area contributed by atoms with Crippen LogP contribution in [0.5, 0.6) is 5.75 Å². The van der Waals surface area contributed by atoms with E-state index in [4.69, 9.17) is 11.6 Å². The molecule has 17 heavy (non-hydrogen) atoms. The first kappa shape index (κ1) is 15.5. The zero-order chi connectivity index (χ0) is 13.6. The molecule has 0 saturated heterocycles. The Bertz CT molecular complexity index is 396. The number of nitro groups is 1. The first-order chi connectivity index (χ1) is 7.79. The summed E-state index contributed by atoms with van der Waals surface area (Å²) in [6.45, 7) is 4.00. The number of hydrogen-bond donors (Lipinski definition) is 0. The van der Waals surface area contributed by atoms with Crippen LogP contribution >= 0.6 is 11.6 Å². The van der Waals surface area contributed by atoms with Crippen molar-refractivity contribution in [3.63, 3.8) is 0 Å². The van der Waals surface area contributed by atoms with Crippen molar-refractivity contribution in [2.45, 2.75) is 20.2 Å². The van der Waals surface area contributed by atoms with E-state index in [0.717, 1.165) is 12.1 Å². The summed E-state index contributed by atoms with van der Waals surface area (Å²) in [4.78, 5) is 9.43. The Labute approximate surface area is 100 Å². The minimum atomic E-state index is -4.89. The molecule has 0 aliphatic rings. The van der Waals surface area contributed by atoms with Gasteiger partial charge in [-0.3, -0.25) is 10.1 Å². The smallest absolute Gasteiger partial charge is 0.406 e. The van der Waals surface area contributed by atoms with Crippen LogP contribution in [0, 0.1) is 10.1 Å². The van der Waals surface area contributed by atoms with Gasteiger partial charge in [-0.25, -0.2) is 0 Å². The molecule has 0 fully saturated rings. The maximum Gasteiger partial charge on any atom is 0.573 e. The molecule has 8 heteroatoms. The highest BCUT2D eigenvalue weighted by Crippen LogP contribution is 2.31. The Morgan fingerprint density at radius 2 is 1.88 bits per heavy atom. The number of ether oxygens (including phenoxy) is 1. The van der Waals surface area contributed by atoms with Gasteiger partial charge in [0.2, 0.25) is 0 Å². The van der Waals surface area contributed by atoms with Crippen LogP contribution in [0.4, 0.5) is 18.9 Å². The molecule has 0 aromatic heterocycles. The van der Waals surface area contributed by atoms with Crippen LogP contribution in [0.2, 0.25) is 5.02 Å². The molecule has 0 unspecified atom stereocenters. The van der Waals surface area contributed by atoms with Gasteiger partial charge >= 0.3 is 6.36 Å². The first-order valence-corrected chi connectivity index (χ1v) is 4.87. The van der Waals surface area contributed by atoms with Crippen LogP contribution in [-0.4, -0.2) is 11.3 Å². The Hall–Kier alpha value is -1.50. The summed E-state index contributed by atoms with van der Waals surface area (Å²) in [6.07, 6.45) is -4.89. The second kappa shape index (κ2) is 6.29. The summed E-state index contributed by atoms with van der Waals surface area (Å²) in [5.41, 5.74) is -0.640. The van der Waals surface area contributed by atoms with Crippen molar-refractivity contribution in [2.24, 2.45) is 0 Å². The molecule has 4 nitrogen and oxygen atoms in total. The molecule has 0 aliphatic carbocycles. The van der Waals surface area contributed by atoms with E-state index < -0.39 is 22.7 Å². The van der Waals surface area contributed by atoms with Crippen molar-refractivity contribution in [1.29, 1.82) is 0 Å². The van der Waals surface area contributed by atoms with Crippen molar-refractivity contribution in [1.82, 2.24) is 0 Å². The lowest BCUT2D eigenvalue weighted by Crippen LogP contribution is -2.17. The predicted molar refractivity (Wildman–Crippen MR) is 56.1 cm³/mol. The molecule has 0 radical (unpaired) electrons. The fourth-order valence-corrected chi connectivity index (χ4v) is 1.02. The van der Waals surface area contributed by atoms with E-state index in [1.165, 1.54) is 0 Å². The van der Waals surface area contributed by atoms with Crippen molar-refractivity contribution in [3.8, 4) is 5.75 Å². The second-order valence-electron chi connectivity index (χ2n) is 2.42. The normalized spacial score (nSPS) is 10.2. The molecule has 0 atom stereocenters. The van der Waals surface area contributed by atoms with Gasteiger partial charge in [0.1, 0.15) is 10.8 Å². The zero-order valence-corrected chi connectivity index (χ0v) is 9.67. The zero-order valence-electron chi connectivity index (χ0n) is 8.92. The van der Waals surface area contributed by atoms with Gasteiger partial charge in [-0.2, -0.15) is 0 Å². The van der Waals surface area contributed by atoms with Crippen LogP contribution in [0.3, 0.4) is 0 Å². The summed E-state index contributed by atoms with van der Waals surface area (Å²) in [5, 5.41) is 10.1. The Morgan fingerprint density at radius 3 is 2.29 bits per heavy atom. The molecule has 96 valence electrons. The molecule has 0 bridgehead atoms. The maximum absolute atomic E-state index is 11.7. The molecular formula is C9H9ClF3NO3. The molecule has 0 N–H and O–H groups in total. The average Bonchev–Trinajstić information content (AvgIpc) is 2.21. The summed E-state index contributed by atoms with van der Waals surface area (Å²) in [7, 11) is 0. The number of nitro benzene ring substituents is 1. The largest absolute Gasteiger partial charge is 0.573 e. The molecule has 0 amide bonds. The monoisotopic (exact) mass is 271 g/mol. The highest BCUT2D eigenvalue weighted by molar-refractivity contribution is 6.32. The van der Waals surface area contributed by atoms with Gasteiger partial charge in [0.15, 0.2) is 0 Å². The lowest BCUT2D eigenvalue weighted by atomic mass is 10.3. The van der Waals surface area contributed by atoms with Gasteiger partial charge < -0.3 is 4.74 Å². The topological polar surface area (TPSA) is 52.4 Å². The van der Waals surface area contributed by atoms with E-state index in [0.29, 0.717) is 6.07 Å². The third kappa shape index (κ3) is 5.39. The number of hydrogen-bond acceptors (Lipinski definition) is 3. The third-order valence-corrected chi connectivity index (χ3v) is 1.67. The second-order valence-corrected chi connectivity index (χ2v) is 2.83. The molecule has 0 saturated carbocycles. The molecule has 0 aliphatic heterocycles. The summed E-state index contributed by atoms with van der Waals surface area (Å²) >= 11 is 5.38. The average molecular weight is 272 g/mol. The number of rotatable bonds is 2. The minimum absolute atomic E-state index is 0.255. The molecule has 0 spiro atoms. The third-order valence-electron chi connectivity index (χ3n) is 1.35. The first-order valence-electron chi connectivity index (χ1n) is 4.49. The molecule has 0 heterocycles. The van der Waals surface area contributed by atoms with E-state index in [1.54, 1.807) is 0 Å². The fraction of sp³-hybridized carbons (Fsp3) is 0.333. The maximum atomic E-state index is 11.7. The van der Waals surface area contributed by atoms with Crippen LogP contribution in [0.1, 0.15) is 13.8 Å². The van der Waals surface area contributed by atoms with Crippen LogP contribution in [0.25, 0.3) is 0 Å². The van der Waals surface area contributed by atoms with Crippen molar-refractivity contribution in [3.05, 3.63) is 33.3 Å². The Balaban J connectivity index is 0.00000121. The molecule has 1 aromatic carbocycles. The highest BCUT2D eigenvalue weighted by Gasteiger charge is 2.31. The van der Waals surface area contributed by atoms with Gasteiger partial charge in [0, 0.05) is 0 Å². The lowest BCUT2D eigenvalue weighted by molar-refractivity contribution is -0.384. The van der Waals surface area contributed by atoms with Crippen LogP contribution in [0.15, 0.2) is 18.2 Å². The van der Waals surface area contributed by atoms with Gasteiger partial charge in [-0.1, -0.05) is 25.4 Å². The van der Waals surface area contributed by atoms with E-state index in [2.05, 4.69) is 4.74 Å². The summed E-state index contributed by atoms with van der Waals surface area (Å²) in [5.74, 6) is -0.682. The van der Waals surface area contributed by atoms with E-state index >= 15 is 0 Å². The SMILES string of the molecule is CC.O=[N+]([O-])c1cc(OC(F)(F)F)ccc1Cl. The minimum Gasteiger partial charge on any atom is -0.406 e. The van der Waals surface area contributed by atoms with Crippen molar-refractivity contribution >= 4 is 17.3 Å². The van der Waals surface area contributed by atoms with Crippen molar-refractivity contribution < 1.29 is 22.8 Å². The molecule has 1 rings (SSSR count). The molecular weight excluding hydrogens is 263 g/mol. The standard InChI is InChI=1S/C7H3ClF3NO3.C2H6/c8-5-2-1-4(15-7(9,10)11)3-6(5)12(13)14;1-2/h1-3H;1-2H3. The predicted octanol–water partition coefficient (Wildman–Crippen LogP) is 4.17. The van der Waals surface area contributed by atoms with Gasteiger partial charge in [0.05, 0.1) is 11.0 Å². The summed E-state index contributed by atoms with van der Waals surface area (Å²) in [6, 6.07) is 2.46. The van der Waals surface area contributed by atoms with Crippen LogP contribution in [-0.2, 0) is 0 Å². The number of benzene rings is 1. The highest BCUT2D eigenvalue weighted by atomic mass is 35.5. The van der Waals surface area contributed by atoms with Gasteiger partial charge in [-0.15, -0.1) is 13.2 Å². The van der Waals surface area contributed by atoms with E-state index in [1.807, 2.05) is 13.8 Å². The number of alkyl halides is 3. The fourth-order valence-electron chi connectivity index (χ4n) is 0.830. The number of nitrogens with zero attached hydrogens (tertiary/aromatic N) is 1. The van der Waals surface area contributed by atoms with Crippen LogP contribution < -0.4 is 4.74 Å². The molecule has 1 aromatic rings. The quantitative estimate of drug-likeness (QED) is 0.599.